The molecule has 0 saturated heterocycles. The molecule has 0 fully saturated rings. The fourth-order valence-electron chi connectivity index (χ4n) is 1.80. The topological polar surface area (TPSA) is 86.3 Å². The summed E-state index contributed by atoms with van der Waals surface area (Å²) in [6.45, 7) is 0. The molecule has 0 amide bonds. The van der Waals surface area contributed by atoms with Crippen LogP contribution in [-0.2, 0) is 4.33 Å². The summed E-state index contributed by atoms with van der Waals surface area (Å²) in [4.78, 5) is 20.3. The quantitative estimate of drug-likeness (QED) is 0.479. The predicted octanol–water partition coefficient (Wildman–Crippen LogP) is 4.18. The first-order valence-corrected chi connectivity index (χ1v) is 6.45. The molecule has 0 aliphatic rings. The lowest BCUT2D eigenvalue weighted by molar-refractivity contribution is -0.394. The summed E-state index contributed by atoms with van der Waals surface area (Å²) in [7, 11) is 0. The highest BCUT2D eigenvalue weighted by Crippen LogP contribution is 2.43. The molecule has 8 heteroatoms. The molecule has 21 heavy (non-hydrogen) atoms. The van der Waals surface area contributed by atoms with Crippen LogP contribution in [0.25, 0.3) is 0 Å². The first-order valence-electron chi connectivity index (χ1n) is 5.70. The molecule has 0 radical (unpaired) electrons. The van der Waals surface area contributed by atoms with Crippen molar-refractivity contribution in [3.63, 3.8) is 0 Å². The standard InChI is InChI=1S/C13H8Cl2N2O4/c14-13(15,9-4-2-1-3-5-9)10-6-11(16(18)19)8-12(7-10)17(20)21/h1-8H. The Hall–Kier alpha value is -2.18. The third-order valence-electron chi connectivity index (χ3n) is 2.82. The van der Waals surface area contributed by atoms with Gasteiger partial charge in [-0.3, -0.25) is 20.2 Å². The largest absolute Gasteiger partial charge is 0.276 e. The second kappa shape index (κ2) is 5.67. The van der Waals surface area contributed by atoms with Crippen molar-refractivity contribution >= 4 is 34.6 Å². The summed E-state index contributed by atoms with van der Waals surface area (Å²) in [6.07, 6.45) is 0. The van der Waals surface area contributed by atoms with Gasteiger partial charge in [-0.25, -0.2) is 0 Å². The normalized spacial score (nSPS) is 11.1. The highest BCUT2D eigenvalue weighted by molar-refractivity contribution is 6.50. The monoisotopic (exact) mass is 326 g/mol. The van der Waals surface area contributed by atoms with Crippen LogP contribution in [0.2, 0.25) is 0 Å². The van der Waals surface area contributed by atoms with Crippen molar-refractivity contribution in [2.24, 2.45) is 0 Å². The minimum Gasteiger partial charge on any atom is -0.258 e. The summed E-state index contributed by atoms with van der Waals surface area (Å²) in [6, 6.07) is 11.5. The Balaban J connectivity index is 2.62. The third-order valence-corrected chi connectivity index (χ3v) is 3.70. The smallest absolute Gasteiger partial charge is 0.258 e. The van der Waals surface area contributed by atoms with E-state index in [1.807, 2.05) is 0 Å². The van der Waals surface area contributed by atoms with Crippen molar-refractivity contribution in [1.29, 1.82) is 0 Å². The number of alkyl halides is 2. The molecule has 2 aromatic rings. The molecule has 0 aliphatic heterocycles. The van der Waals surface area contributed by atoms with Crippen LogP contribution in [0.1, 0.15) is 11.1 Å². The molecule has 0 aliphatic carbocycles. The summed E-state index contributed by atoms with van der Waals surface area (Å²) in [5, 5.41) is 21.8. The van der Waals surface area contributed by atoms with Gasteiger partial charge in [0.1, 0.15) is 0 Å². The number of nitro benzene ring substituents is 2. The van der Waals surface area contributed by atoms with Crippen molar-refractivity contribution in [1.82, 2.24) is 0 Å². The molecule has 0 unspecified atom stereocenters. The van der Waals surface area contributed by atoms with Gasteiger partial charge in [0.05, 0.1) is 15.9 Å². The van der Waals surface area contributed by atoms with Gasteiger partial charge in [0.25, 0.3) is 11.4 Å². The molecule has 108 valence electrons. The van der Waals surface area contributed by atoms with Crippen molar-refractivity contribution in [2.45, 2.75) is 4.33 Å². The van der Waals surface area contributed by atoms with Crippen LogP contribution < -0.4 is 0 Å². The number of hydrogen-bond acceptors (Lipinski definition) is 4. The maximum Gasteiger partial charge on any atom is 0.276 e. The van der Waals surface area contributed by atoms with Crippen LogP contribution in [0, 0.1) is 20.2 Å². The Morgan fingerprint density at radius 1 is 0.810 bits per heavy atom. The number of non-ortho nitro benzene ring substituents is 2. The molecule has 0 saturated carbocycles. The molecular weight excluding hydrogens is 319 g/mol. The average molecular weight is 327 g/mol. The minimum atomic E-state index is -1.63. The zero-order chi connectivity index (χ0) is 15.6. The zero-order valence-electron chi connectivity index (χ0n) is 10.4. The Kier molecular flexibility index (Phi) is 4.11. The Morgan fingerprint density at radius 2 is 1.29 bits per heavy atom. The number of hydrogen-bond donors (Lipinski definition) is 0. The van der Waals surface area contributed by atoms with Gasteiger partial charge in [0.2, 0.25) is 0 Å². The van der Waals surface area contributed by atoms with E-state index in [1.54, 1.807) is 30.3 Å². The highest BCUT2D eigenvalue weighted by Gasteiger charge is 2.32. The highest BCUT2D eigenvalue weighted by atomic mass is 35.5. The average Bonchev–Trinajstić information content (AvgIpc) is 2.47. The van der Waals surface area contributed by atoms with Gasteiger partial charge in [-0.2, -0.15) is 0 Å². The van der Waals surface area contributed by atoms with E-state index in [-0.39, 0.29) is 5.56 Å². The van der Waals surface area contributed by atoms with Gasteiger partial charge in [-0.1, -0.05) is 53.5 Å². The van der Waals surface area contributed by atoms with Crippen LogP contribution in [0.3, 0.4) is 0 Å². The van der Waals surface area contributed by atoms with Crippen molar-refractivity contribution in [3.05, 3.63) is 79.9 Å². The molecule has 0 atom stereocenters. The molecule has 0 bridgehead atoms. The van der Waals surface area contributed by atoms with Crippen LogP contribution >= 0.6 is 23.2 Å². The third kappa shape index (κ3) is 3.12. The summed E-state index contributed by atoms with van der Waals surface area (Å²) in [5.74, 6) is 0. The van der Waals surface area contributed by atoms with Gasteiger partial charge >= 0.3 is 0 Å². The van der Waals surface area contributed by atoms with Crippen LogP contribution in [-0.4, -0.2) is 9.85 Å². The zero-order valence-corrected chi connectivity index (χ0v) is 11.9. The Bertz CT molecular complexity index is 672. The van der Waals surface area contributed by atoms with E-state index in [2.05, 4.69) is 0 Å². The van der Waals surface area contributed by atoms with E-state index in [9.17, 15) is 20.2 Å². The van der Waals surface area contributed by atoms with Crippen LogP contribution in [0.4, 0.5) is 11.4 Å². The van der Waals surface area contributed by atoms with E-state index >= 15 is 0 Å². The molecule has 2 aromatic carbocycles. The van der Waals surface area contributed by atoms with Gasteiger partial charge in [-0.15, -0.1) is 0 Å². The Labute approximate surface area is 129 Å². The number of halogens is 2. The molecule has 0 aromatic heterocycles. The second-order valence-electron chi connectivity index (χ2n) is 4.19. The lowest BCUT2D eigenvalue weighted by atomic mass is 10.0. The summed E-state index contributed by atoms with van der Waals surface area (Å²) in [5.41, 5.74) is -0.359. The van der Waals surface area contributed by atoms with Crippen molar-refractivity contribution in [2.75, 3.05) is 0 Å². The van der Waals surface area contributed by atoms with Gasteiger partial charge in [0.15, 0.2) is 4.33 Å². The number of rotatable bonds is 4. The van der Waals surface area contributed by atoms with Gasteiger partial charge < -0.3 is 0 Å². The molecule has 0 heterocycles. The summed E-state index contributed by atoms with van der Waals surface area (Å²) < 4.78 is -1.63. The van der Waals surface area contributed by atoms with E-state index in [0.29, 0.717) is 5.56 Å². The van der Waals surface area contributed by atoms with Crippen LogP contribution in [0.5, 0.6) is 0 Å². The molecule has 0 spiro atoms. The molecular formula is C13H8Cl2N2O4. The van der Waals surface area contributed by atoms with E-state index in [0.717, 1.165) is 18.2 Å². The molecule has 2 rings (SSSR count). The van der Waals surface area contributed by atoms with Crippen molar-refractivity contribution in [3.8, 4) is 0 Å². The van der Waals surface area contributed by atoms with Gasteiger partial charge in [0, 0.05) is 17.7 Å². The molecule has 0 N–H and O–H groups in total. The maximum atomic E-state index is 10.9. The number of nitrogens with zero attached hydrogens (tertiary/aromatic N) is 2. The number of nitro groups is 2. The fourth-order valence-corrected chi connectivity index (χ4v) is 2.27. The van der Waals surface area contributed by atoms with Gasteiger partial charge in [-0.05, 0) is 5.56 Å². The molecule has 6 nitrogen and oxygen atoms in total. The lowest BCUT2D eigenvalue weighted by Gasteiger charge is -2.20. The maximum absolute atomic E-state index is 10.9. The Morgan fingerprint density at radius 3 is 1.71 bits per heavy atom. The lowest BCUT2D eigenvalue weighted by Crippen LogP contribution is -2.13. The first-order chi connectivity index (χ1) is 9.82. The van der Waals surface area contributed by atoms with E-state index < -0.39 is 25.6 Å². The van der Waals surface area contributed by atoms with E-state index in [1.165, 1.54) is 0 Å². The van der Waals surface area contributed by atoms with Crippen LogP contribution in [0.15, 0.2) is 48.5 Å². The van der Waals surface area contributed by atoms with E-state index in [4.69, 9.17) is 23.2 Å². The minimum absolute atomic E-state index is 0.0675. The van der Waals surface area contributed by atoms with Crippen molar-refractivity contribution < 1.29 is 9.85 Å². The predicted molar refractivity (Wildman–Crippen MR) is 78.7 cm³/mol. The number of benzene rings is 2. The second-order valence-corrected chi connectivity index (χ2v) is 5.52. The SMILES string of the molecule is O=[N+]([O-])c1cc([N+](=O)[O-])cc(C(Cl)(Cl)c2ccccc2)c1. The fraction of sp³-hybridized carbons (Fsp3) is 0.0769. The summed E-state index contributed by atoms with van der Waals surface area (Å²) >= 11 is 12.5. The first kappa shape index (κ1) is 15.2.